The molecule has 1 aromatic carbocycles. The Morgan fingerprint density at radius 2 is 1.90 bits per heavy atom. The molecular formula is C15H15N5O. The molecule has 106 valence electrons. The first-order valence-corrected chi connectivity index (χ1v) is 6.61. The van der Waals surface area contributed by atoms with Crippen LogP contribution in [0.1, 0.15) is 12.5 Å². The van der Waals surface area contributed by atoms with Gasteiger partial charge in [-0.3, -0.25) is 4.98 Å². The molecule has 0 bridgehead atoms. The van der Waals surface area contributed by atoms with E-state index in [1.807, 2.05) is 12.1 Å². The van der Waals surface area contributed by atoms with Gasteiger partial charge in [-0.25, -0.2) is 0 Å². The molecule has 0 aliphatic heterocycles. The fourth-order valence-corrected chi connectivity index (χ4v) is 2.16. The van der Waals surface area contributed by atoms with Gasteiger partial charge in [-0.05, 0) is 36.2 Å². The topological polar surface area (TPSA) is 104 Å². The maximum Gasteiger partial charge on any atom is 0.258 e. The molecule has 6 nitrogen and oxygen atoms in total. The van der Waals surface area contributed by atoms with E-state index in [1.54, 1.807) is 24.4 Å². The molecule has 0 atom stereocenters. The molecule has 0 radical (unpaired) electrons. The molecule has 0 fully saturated rings. The van der Waals surface area contributed by atoms with Gasteiger partial charge in [0.25, 0.3) is 5.89 Å². The van der Waals surface area contributed by atoms with Crippen LogP contribution in [-0.2, 0) is 6.42 Å². The van der Waals surface area contributed by atoms with Gasteiger partial charge in [0.1, 0.15) is 5.69 Å². The van der Waals surface area contributed by atoms with Gasteiger partial charge in [0.2, 0.25) is 5.82 Å². The van der Waals surface area contributed by atoms with Crippen molar-refractivity contribution >= 4 is 11.4 Å². The SMILES string of the molecule is CCc1cccnc1-c1noc(-c2cc(N)cc(N)c2)n1. The van der Waals surface area contributed by atoms with E-state index in [2.05, 4.69) is 22.0 Å². The molecular weight excluding hydrogens is 266 g/mol. The Morgan fingerprint density at radius 3 is 2.62 bits per heavy atom. The number of nitrogens with two attached hydrogens (primary N) is 2. The van der Waals surface area contributed by atoms with E-state index in [0.717, 1.165) is 17.7 Å². The highest BCUT2D eigenvalue weighted by Crippen LogP contribution is 2.26. The van der Waals surface area contributed by atoms with Crippen LogP contribution in [0.15, 0.2) is 41.1 Å². The van der Waals surface area contributed by atoms with Crippen LogP contribution in [0, 0.1) is 0 Å². The normalized spacial score (nSPS) is 10.7. The molecule has 2 heterocycles. The smallest absolute Gasteiger partial charge is 0.258 e. The molecule has 2 aromatic heterocycles. The lowest BCUT2D eigenvalue weighted by Gasteiger charge is -2.01. The summed E-state index contributed by atoms with van der Waals surface area (Å²) in [6, 6.07) is 9.05. The minimum absolute atomic E-state index is 0.372. The van der Waals surface area contributed by atoms with Crippen LogP contribution < -0.4 is 11.5 Å². The second-order valence-corrected chi connectivity index (χ2v) is 4.68. The fraction of sp³-hybridized carbons (Fsp3) is 0.133. The van der Waals surface area contributed by atoms with E-state index in [-0.39, 0.29) is 0 Å². The number of rotatable bonds is 3. The summed E-state index contributed by atoms with van der Waals surface area (Å²) < 4.78 is 5.30. The summed E-state index contributed by atoms with van der Waals surface area (Å²) in [5.74, 6) is 0.833. The predicted molar refractivity (Wildman–Crippen MR) is 81.2 cm³/mol. The summed E-state index contributed by atoms with van der Waals surface area (Å²) in [6.45, 7) is 2.06. The summed E-state index contributed by atoms with van der Waals surface area (Å²) in [5.41, 5.74) is 15.2. The summed E-state index contributed by atoms with van der Waals surface area (Å²) in [4.78, 5) is 8.72. The van der Waals surface area contributed by atoms with Crippen LogP contribution in [0.25, 0.3) is 23.0 Å². The van der Waals surface area contributed by atoms with Crippen molar-refractivity contribution in [3.63, 3.8) is 0 Å². The molecule has 0 saturated carbocycles. The zero-order valence-electron chi connectivity index (χ0n) is 11.6. The van der Waals surface area contributed by atoms with Gasteiger partial charge in [0.15, 0.2) is 0 Å². The Hall–Kier alpha value is -2.89. The van der Waals surface area contributed by atoms with Crippen molar-refractivity contribution in [1.29, 1.82) is 0 Å². The lowest BCUT2D eigenvalue weighted by molar-refractivity contribution is 0.432. The number of nitrogens with zero attached hydrogens (tertiary/aromatic N) is 3. The predicted octanol–water partition coefficient (Wildman–Crippen LogP) is 2.53. The lowest BCUT2D eigenvalue weighted by Crippen LogP contribution is -1.93. The van der Waals surface area contributed by atoms with Crippen molar-refractivity contribution in [2.24, 2.45) is 0 Å². The van der Waals surface area contributed by atoms with E-state index in [0.29, 0.717) is 28.7 Å². The van der Waals surface area contributed by atoms with Crippen molar-refractivity contribution in [3.8, 4) is 23.0 Å². The Bertz CT molecular complexity index is 761. The van der Waals surface area contributed by atoms with E-state index >= 15 is 0 Å². The number of aromatic nitrogens is 3. The molecule has 0 spiro atoms. The second kappa shape index (κ2) is 5.24. The number of hydrogen-bond acceptors (Lipinski definition) is 6. The molecule has 3 rings (SSSR count). The van der Waals surface area contributed by atoms with Crippen LogP contribution in [0.4, 0.5) is 11.4 Å². The molecule has 0 aliphatic carbocycles. The molecule has 21 heavy (non-hydrogen) atoms. The monoisotopic (exact) mass is 281 g/mol. The van der Waals surface area contributed by atoms with E-state index < -0.39 is 0 Å². The van der Waals surface area contributed by atoms with E-state index in [9.17, 15) is 0 Å². The summed E-state index contributed by atoms with van der Waals surface area (Å²) in [6.07, 6.45) is 2.56. The van der Waals surface area contributed by atoms with Crippen molar-refractivity contribution in [3.05, 3.63) is 42.1 Å². The Balaban J connectivity index is 2.04. The third kappa shape index (κ3) is 2.55. The van der Waals surface area contributed by atoms with Crippen LogP contribution >= 0.6 is 0 Å². The number of nitrogen functional groups attached to an aromatic ring is 2. The van der Waals surface area contributed by atoms with E-state index in [4.69, 9.17) is 16.0 Å². The molecule has 6 heteroatoms. The number of aryl methyl sites for hydroxylation is 1. The van der Waals surface area contributed by atoms with Crippen molar-refractivity contribution in [2.45, 2.75) is 13.3 Å². The molecule has 0 amide bonds. The number of pyridine rings is 1. The zero-order valence-corrected chi connectivity index (χ0v) is 11.6. The van der Waals surface area contributed by atoms with Crippen molar-refractivity contribution in [1.82, 2.24) is 15.1 Å². The average molecular weight is 281 g/mol. The maximum absolute atomic E-state index is 5.78. The Morgan fingerprint density at radius 1 is 1.14 bits per heavy atom. The minimum atomic E-state index is 0.372. The van der Waals surface area contributed by atoms with Crippen LogP contribution in [0.3, 0.4) is 0 Å². The first-order chi connectivity index (χ1) is 10.2. The largest absolute Gasteiger partial charge is 0.399 e. The lowest BCUT2D eigenvalue weighted by atomic mass is 10.1. The number of anilines is 2. The van der Waals surface area contributed by atoms with Crippen molar-refractivity contribution < 1.29 is 4.52 Å². The molecule has 0 unspecified atom stereocenters. The van der Waals surface area contributed by atoms with Gasteiger partial charge in [-0.15, -0.1) is 0 Å². The summed E-state index contributed by atoms with van der Waals surface area (Å²) in [5, 5.41) is 4.00. The molecule has 4 N–H and O–H groups in total. The minimum Gasteiger partial charge on any atom is -0.399 e. The molecule has 3 aromatic rings. The second-order valence-electron chi connectivity index (χ2n) is 4.68. The van der Waals surface area contributed by atoms with Crippen LogP contribution in [-0.4, -0.2) is 15.1 Å². The maximum atomic E-state index is 5.78. The van der Waals surface area contributed by atoms with Crippen LogP contribution in [0.2, 0.25) is 0 Å². The van der Waals surface area contributed by atoms with Gasteiger partial charge in [-0.1, -0.05) is 18.1 Å². The van der Waals surface area contributed by atoms with E-state index in [1.165, 1.54) is 0 Å². The molecule has 0 aliphatic rings. The third-order valence-electron chi connectivity index (χ3n) is 3.13. The van der Waals surface area contributed by atoms with Gasteiger partial charge >= 0.3 is 0 Å². The first kappa shape index (κ1) is 13.1. The van der Waals surface area contributed by atoms with Gasteiger partial charge < -0.3 is 16.0 Å². The fourth-order valence-electron chi connectivity index (χ4n) is 2.16. The van der Waals surface area contributed by atoms with Gasteiger partial charge in [0.05, 0.1) is 0 Å². The zero-order chi connectivity index (χ0) is 14.8. The highest BCUT2D eigenvalue weighted by molar-refractivity contribution is 5.68. The first-order valence-electron chi connectivity index (χ1n) is 6.61. The Labute approximate surface area is 121 Å². The highest BCUT2D eigenvalue weighted by Gasteiger charge is 2.14. The number of benzene rings is 1. The van der Waals surface area contributed by atoms with Crippen LogP contribution in [0.5, 0.6) is 0 Å². The third-order valence-corrected chi connectivity index (χ3v) is 3.13. The van der Waals surface area contributed by atoms with Gasteiger partial charge in [0, 0.05) is 23.1 Å². The molecule has 0 saturated heterocycles. The van der Waals surface area contributed by atoms with Crippen molar-refractivity contribution in [2.75, 3.05) is 11.5 Å². The quantitative estimate of drug-likeness (QED) is 0.715. The standard InChI is InChI=1S/C15H15N5O/c1-2-9-4-3-5-18-13(9)14-19-15(21-20-14)10-6-11(16)8-12(17)7-10/h3-8H,2,16-17H2,1H3. The highest BCUT2D eigenvalue weighted by atomic mass is 16.5. The average Bonchev–Trinajstić information content (AvgIpc) is 2.96. The van der Waals surface area contributed by atoms with Gasteiger partial charge in [-0.2, -0.15) is 4.98 Å². The summed E-state index contributed by atoms with van der Waals surface area (Å²) in [7, 11) is 0. The number of hydrogen-bond donors (Lipinski definition) is 2. The Kier molecular flexibility index (Phi) is 3.27. The summed E-state index contributed by atoms with van der Waals surface area (Å²) >= 11 is 0.